The molecule has 1 atom stereocenters. The standard InChI is InChI=1S/C12H17ClN2O2/c1-12(2,3)17-11(16)7-8(14)9-5-4-6-10(13)15-9/h4-6,8H,7,14H2,1-3H3/t8-/m0/s1. The van der Waals surface area contributed by atoms with Crippen LogP contribution in [0.4, 0.5) is 0 Å². The molecule has 5 heteroatoms. The monoisotopic (exact) mass is 256 g/mol. The maximum atomic E-state index is 11.6. The number of pyridine rings is 1. The third-order valence-corrected chi connectivity index (χ3v) is 2.13. The molecule has 1 aromatic heterocycles. The van der Waals surface area contributed by atoms with E-state index in [1.54, 1.807) is 18.2 Å². The molecule has 0 amide bonds. The molecule has 1 rings (SSSR count). The van der Waals surface area contributed by atoms with Crippen LogP contribution in [-0.2, 0) is 9.53 Å². The summed E-state index contributed by atoms with van der Waals surface area (Å²) in [5.74, 6) is -0.341. The molecule has 2 N–H and O–H groups in total. The SMILES string of the molecule is CC(C)(C)OC(=O)C[C@H](N)c1cccc(Cl)n1. The Morgan fingerprint density at radius 2 is 2.18 bits per heavy atom. The lowest BCUT2D eigenvalue weighted by Crippen LogP contribution is -2.26. The number of nitrogens with two attached hydrogens (primary N) is 1. The van der Waals surface area contributed by atoms with Crippen molar-refractivity contribution in [3.63, 3.8) is 0 Å². The van der Waals surface area contributed by atoms with Gasteiger partial charge >= 0.3 is 5.97 Å². The molecule has 0 radical (unpaired) electrons. The van der Waals surface area contributed by atoms with Crippen LogP contribution in [0.3, 0.4) is 0 Å². The van der Waals surface area contributed by atoms with Crippen molar-refractivity contribution in [3.8, 4) is 0 Å². The van der Waals surface area contributed by atoms with Gasteiger partial charge in [-0.15, -0.1) is 0 Å². The van der Waals surface area contributed by atoms with Gasteiger partial charge in [0.2, 0.25) is 0 Å². The number of rotatable bonds is 3. The van der Waals surface area contributed by atoms with Gasteiger partial charge < -0.3 is 10.5 Å². The summed E-state index contributed by atoms with van der Waals surface area (Å²) in [6.07, 6.45) is 0.0879. The summed E-state index contributed by atoms with van der Waals surface area (Å²) in [5, 5.41) is 0.363. The Balaban J connectivity index is 2.61. The van der Waals surface area contributed by atoms with Crippen molar-refractivity contribution in [2.24, 2.45) is 5.73 Å². The number of ether oxygens (including phenoxy) is 1. The molecule has 0 saturated carbocycles. The minimum absolute atomic E-state index is 0.0879. The van der Waals surface area contributed by atoms with Gasteiger partial charge in [0.25, 0.3) is 0 Å². The van der Waals surface area contributed by atoms with E-state index in [0.717, 1.165) is 0 Å². The van der Waals surface area contributed by atoms with E-state index in [2.05, 4.69) is 4.98 Å². The van der Waals surface area contributed by atoms with E-state index in [4.69, 9.17) is 22.1 Å². The zero-order valence-corrected chi connectivity index (χ0v) is 11.0. The van der Waals surface area contributed by atoms with Gasteiger partial charge in [-0.3, -0.25) is 4.79 Å². The van der Waals surface area contributed by atoms with Crippen molar-refractivity contribution in [1.82, 2.24) is 4.98 Å². The topological polar surface area (TPSA) is 65.2 Å². The van der Waals surface area contributed by atoms with Crippen molar-refractivity contribution < 1.29 is 9.53 Å². The van der Waals surface area contributed by atoms with Crippen molar-refractivity contribution >= 4 is 17.6 Å². The first-order chi connectivity index (χ1) is 7.78. The largest absolute Gasteiger partial charge is 0.460 e. The number of carbonyl (C=O) groups is 1. The number of hydrogen-bond donors (Lipinski definition) is 1. The second-order valence-corrected chi connectivity index (χ2v) is 5.17. The van der Waals surface area contributed by atoms with Gasteiger partial charge in [0.1, 0.15) is 10.8 Å². The molecule has 0 fully saturated rings. The van der Waals surface area contributed by atoms with E-state index in [-0.39, 0.29) is 12.4 Å². The van der Waals surface area contributed by atoms with Crippen LogP contribution in [0.15, 0.2) is 18.2 Å². The van der Waals surface area contributed by atoms with E-state index in [9.17, 15) is 4.79 Å². The smallest absolute Gasteiger partial charge is 0.308 e. The molecule has 0 spiro atoms. The fourth-order valence-corrected chi connectivity index (χ4v) is 1.47. The molecular weight excluding hydrogens is 240 g/mol. The third-order valence-electron chi connectivity index (χ3n) is 1.92. The van der Waals surface area contributed by atoms with Gasteiger partial charge in [-0.25, -0.2) is 4.98 Å². The first-order valence-corrected chi connectivity index (χ1v) is 5.75. The highest BCUT2D eigenvalue weighted by atomic mass is 35.5. The van der Waals surface area contributed by atoms with Crippen molar-refractivity contribution in [3.05, 3.63) is 29.0 Å². The van der Waals surface area contributed by atoms with E-state index >= 15 is 0 Å². The lowest BCUT2D eigenvalue weighted by Gasteiger charge is -2.20. The average molecular weight is 257 g/mol. The highest BCUT2D eigenvalue weighted by molar-refractivity contribution is 6.29. The van der Waals surface area contributed by atoms with Crippen LogP contribution in [0.2, 0.25) is 5.15 Å². The van der Waals surface area contributed by atoms with Crippen LogP contribution in [0.25, 0.3) is 0 Å². The zero-order chi connectivity index (χ0) is 13.1. The van der Waals surface area contributed by atoms with Crippen LogP contribution in [-0.4, -0.2) is 16.6 Å². The molecule has 4 nitrogen and oxygen atoms in total. The van der Waals surface area contributed by atoms with Crippen molar-refractivity contribution in [2.75, 3.05) is 0 Å². The summed E-state index contributed by atoms with van der Waals surface area (Å²) in [7, 11) is 0. The Hall–Kier alpha value is -1.13. The van der Waals surface area contributed by atoms with Gasteiger partial charge in [0.05, 0.1) is 18.2 Å². The van der Waals surface area contributed by atoms with Crippen LogP contribution >= 0.6 is 11.6 Å². The Morgan fingerprint density at radius 3 is 2.71 bits per heavy atom. The van der Waals surface area contributed by atoms with Gasteiger partial charge in [-0.05, 0) is 32.9 Å². The summed E-state index contributed by atoms with van der Waals surface area (Å²) >= 11 is 5.75. The molecule has 0 saturated heterocycles. The highest BCUT2D eigenvalue weighted by Crippen LogP contribution is 2.17. The average Bonchev–Trinajstić information content (AvgIpc) is 2.14. The number of halogens is 1. The van der Waals surface area contributed by atoms with Gasteiger partial charge in [-0.1, -0.05) is 17.7 Å². The maximum Gasteiger partial charge on any atom is 0.308 e. The summed E-state index contributed by atoms with van der Waals surface area (Å²) in [4.78, 5) is 15.6. The number of hydrogen-bond acceptors (Lipinski definition) is 4. The lowest BCUT2D eigenvalue weighted by molar-refractivity contribution is -0.155. The van der Waals surface area contributed by atoms with Crippen LogP contribution in [0, 0.1) is 0 Å². The Morgan fingerprint density at radius 1 is 1.53 bits per heavy atom. The van der Waals surface area contributed by atoms with Crippen molar-refractivity contribution in [1.29, 1.82) is 0 Å². The predicted molar refractivity (Wildman–Crippen MR) is 66.6 cm³/mol. The normalized spacial score (nSPS) is 13.2. The Bertz CT molecular complexity index is 402. The van der Waals surface area contributed by atoms with Gasteiger partial charge in [-0.2, -0.15) is 0 Å². The summed E-state index contributed by atoms with van der Waals surface area (Å²) < 4.78 is 5.18. The number of esters is 1. The molecule has 0 aliphatic rings. The summed E-state index contributed by atoms with van der Waals surface area (Å²) in [6, 6.07) is 4.65. The quantitative estimate of drug-likeness (QED) is 0.667. The molecule has 0 aromatic carbocycles. The number of aromatic nitrogens is 1. The molecule has 0 bridgehead atoms. The zero-order valence-electron chi connectivity index (χ0n) is 10.2. The molecule has 0 aliphatic heterocycles. The number of nitrogens with zero attached hydrogens (tertiary/aromatic N) is 1. The second-order valence-electron chi connectivity index (χ2n) is 4.78. The van der Waals surface area contributed by atoms with E-state index < -0.39 is 11.6 Å². The van der Waals surface area contributed by atoms with E-state index in [1.165, 1.54) is 0 Å². The Kier molecular flexibility index (Phi) is 4.48. The maximum absolute atomic E-state index is 11.6. The third kappa shape index (κ3) is 5.15. The van der Waals surface area contributed by atoms with E-state index in [0.29, 0.717) is 10.8 Å². The van der Waals surface area contributed by atoms with Crippen molar-refractivity contribution in [2.45, 2.75) is 38.8 Å². The first kappa shape index (κ1) is 13.9. The van der Waals surface area contributed by atoms with Gasteiger partial charge in [0.15, 0.2) is 0 Å². The van der Waals surface area contributed by atoms with E-state index in [1.807, 2.05) is 20.8 Å². The first-order valence-electron chi connectivity index (χ1n) is 5.38. The predicted octanol–water partition coefficient (Wildman–Crippen LogP) is 2.47. The second kappa shape index (κ2) is 5.47. The van der Waals surface area contributed by atoms with Crippen LogP contribution in [0.1, 0.15) is 38.9 Å². The molecule has 1 aromatic rings. The minimum atomic E-state index is -0.501. The summed E-state index contributed by atoms with van der Waals surface area (Å²) in [6.45, 7) is 5.44. The molecule has 17 heavy (non-hydrogen) atoms. The molecule has 0 unspecified atom stereocenters. The van der Waals surface area contributed by atoms with Crippen LogP contribution in [0.5, 0.6) is 0 Å². The molecular formula is C12H17ClN2O2. The molecule has 1 heterocycles. The lowest BCUT2D eigenvalue weighted by atomic mass is 10.1. The number of carbonyl (C=O) groups excluding carboxylic acids is 1. The minimum Gasteiger partial charge on any atom is -0.460 e. The molecule has 94 valence electrons. The molecule has 0 aliphatic carbocycles. The Labute approximate surface area is 106 Å². The highest BCUT2D eigenvalue weighted by Gasteiger charge is 2.20. The summed E-state index contributed by atoms with van der Waals surface area (Å²) in [5.41, 5.74) is 5.95. The van der Waals surface area contributed by atoms with Crippen LogP contribution < -0.4 is 5.73 Å². The fourth-order valence-electron chi connectivity index (χ4n) is 1.30. The van der Waals surface area contributed by atoms with Gasteiger partial charge in [0, 0.05) is 0 Å². The fraction of sp³-hybridized carbons (Fsp3) is 0.500.